The van der Waals surface area contributed by atoms with Gasteiger partial charge in [-0.2, -0.15) is 0 Å². The highest BCUT2D eigenvalue weighted by molar-refractivity contribution is 7.89. The molecule has 0 aliphatic carbocycles. The Hall–Kier alpha value is -2.12. The Labute approximate surface area is 135 Å². The highest BCUT2D eigenvalue weighted by Crippen LogP contribution is 2.16. The van der Waals surface area contributed by atoms with E-state index in [-0.39, 0.29) is 30.3 Å². The highest BCUT2D eigenvalue weighted by Gasteiger charge is 2.16. The van der Waals surface area contributed by atoms with Crippen LogP contribution in [0.2, 0.25) is 0 Å². The number of hydrogen-bond acceptors (Lipinski definition) is 4. The molecule has 6 nitrogen and oxygen atoms in total. The number of furan rings is 1. The fourth-order valence-electron chi connectivity index (χ4n) is 2.16. The Bertz CT molecular complexity index is 767. The summed E-state index contributed by atoms with van der Waals surface area (Å²) in [7, 11) is -3.61. The lowest BCUT2D eigenvalue weighted by atomic mass is 10.2. The number of aryl methyl sites for hydroxylation is 2. The molecule has 0 unspecified atom stereocenters. The summed E-state index contributed by atoms with van der Waals surface area (Å²) in [5.74, 6) is 0.402. The predicted octanol–water partition coefficient (Wildman–Crippen LogP) is 1.88. The number of nitrogens with one attached hydrogen (secondary N) is 2. The first kappa shape index (κ1) is 17.2. The zero-order valence-corrected chi connectivity index (χ0v) is 13.9. The van der Waals surface area contributed by atoms with E-state index in [1.54, 1.807) is 31.2 Å². The van der Waals surface area contributed by atoms with Crippen molar-refractivity contribution in [1.29, 1.82) is 0 Å². The van der Waals surface area contributed by atoms with Crippen molar-refractivity contribution in [2.24, 2.45) is 0 Å². The minimum absolute atomic E-state index is 0.0413. The molecule has 2 rings (SSSR count). The number of sulfonamides is 1. The van der Waals surface area contributed by atoms with E-state index in [1.165, 1.54) is 6.26 Å². The molecule has 0 spiro atoms. The summed E-state index contributed by atoms with van der Waals surface area (Å²) >= 11 is 0. The lowest BCUT2D eigenvalue weighted by Crippen LogP contribution is -2.30. The summed E-state index contributed by atoms with van der Waals surface area (Å²) in [4.78, 5) is 11.9. The molecular weight excluding hydrogens is 316 g/mol. The minimum atomic E-state index is -3.61. The predicted molar refractivity (Wildman–Crippen MR) is 86.3 cm³/mol. The second-order valence-corrected chi connectivity index (χ2v) is 7.01. The van der Waals surface area contributed by atoms with E-state index in [2.05, 4.69) is 10.0 Å². The first-order chi connectivity index (χ1) is 10.9. The fourth-order valence-corrected chi connectivity index (χ4v) is 3.42. The Kier molecular flexibility index (Phi) is 5.57. The largest absolute Gasteiger partial charge is 0.467 e. The van der Waals surface area contributed by atoms with Gasteiger partial charge < -0.3 is 9.73 Å². The van der Waals surface area contributed by atoms with Gasteiger partial charge >= 0.3 is 0 Å². The Morgan fingerprint density at radius 3 is 2.65 bits per heavy atom. The molecule has 0 bridgehead atoms. The van der Waals surface area contributed by atoms with Crippen molar-refractivity contribution in [3.05, 3.63) is 53.5 Å². The minimum Gasteiger partial charge on any atom is -0.467 e. The molecule has 0 aliphatic rings. The van der Waals surface area contributed by atoms with Gasteiger partial charge in [-0.1, -0.05) is 17.7 Å². The maximum atomic E-state index is 12.2. The maximum absolute atomic E-state index is 12.2. The van der Waals surface area contributed by atoms with Gasteiger partial charge in [-0.05, 0) is 37.6 Å². The van der Waals surface area contributed by atoms with Crippen LogP contribution in [0.5, 0.6) is 0 Å². The van der Waals surface area contributed by atoms with Crippen molar-refractivity contribution in [3.8, 4) is 0 Å². The van der Waals surface area contributed by atoms with Gasteiger partial charge in [0.1, 0.15) is 5.76 Å². The van der Waals surface area contributed by atoms with Crippen LogP contribution < -0.4 is 10.0 Å². The van der Waals surface area contributed by atoms with Gasteiger partial charge in [-0.15, -0.1) is 0 Å². The Balaban J connectivity index is 1.83. The first-order valence-corrected chi connectivity index (χ1v) is 8.73. The summed E-state index contributed by atoms with van der Waals surface area (Å²) in [5.41, 5.74) is 1.68. The third kappa shape index (κ3) is 4.94. The summed E-state index contributed by atoms with van der Waals surface area (Å²) in [5, 5.41) is 2.66. The van der Waals surface area contributed by atoms with Crippen LogP contribution in [0.15, 0.2) is 45.9 Å². The summed E-state index contributed by atoms with van der Waals surface area (Å²) in [6.45, 7) is 3.98. The topological polar surface area (TPSA) is 88.4 Å². The average molecular weight is 336 g/mol. The second kappa shape index (κ2) is 7.43. The van der Waals surface area contributed by atoms with E-state index in [0.717, 1.165) is 5.56 Å². The van der Waals surface area contributed by atoms with Crippen molar-refractivity contribution >= 4 is 15.9 Å². The van der Waals surface area contributed by atoms with Crippen molar-refractivity contribution in [3.63, 3.8) is 0 Å². The van der Waals surface area contributed by atoms with E-state index in [1.807, 2.05) is 13.0 Å². The SMILES string of the molecule is Cc1ccc(S(=O)(=O)NCCC(=O)NCc2ccco2)c(C)c1. The molecule has 0 fully saturated rings. The number of carbonyl (C=O) groups excluding carboxylic acids is 1. The molecule has 1 heterocycles. The highest BCUT2D eigenvalue weighted by atomic mass is 32.2. The van der Waals surface area contributed by atoms with Crippen molar-refractivity contribution in [1.82, 2.24) is 10.0 Å². The van der Waals surface area contributed by atoms with Crippen molar-refractivity contribution in [2.75, 3.05) is 6.54 Å². The van der Waals surface area contributed by atoms with E-state index in [4.69, 9.17) is 4.42 Å². The number of carbonyl (C=O) groups is 1. The molecule has 1 aromatic carbocycles. The van der Waals surface area contributed by atoms with Crippen LogP contribution in [0, 0.1) is 13.8 Å². The molecule has 0 aliphatic heterocycles. The molecule has 124 valence electrons. The molecule has 7 heteroatoms. The van der Waals surface area contributed by atoms with Gasteiger partial charge in [0.25, 0.3) is 0 Å². The molecule has 1 amide bonds. The normalized spacial score (nSPS) is 11.4. The molecular formula is C16H20N2O4S. The molecule has 1 aromatic heterocycles. The molecule has 0 saturated heterocycles. The third-order valence-electron chi connectivity index (χ3n) is 3.30. The second-order valence-electron chi connectivity index (χ2n) is 5.27. The number of amides is 1. The lowest BCUT2D eigenvalue weighted by molar-refractivity contribution is -0.121. The number of hydrogen-bond donors (Lipinski definition) is 2. The fraction of sp³-hybridized carbons (Fsp3) is 0.312. The van der Waals surface area contributed by atoms with Crippen LogP contribution in [0.1, 0.15) is 23.3 Å². The van der Waals surface area contributed by atoms with E-state index >= 15 is 0 Å². The number of rotatable bonds is 7. The zero-order chi connectivity index (χ0) is 16.9. The van der Waals surface area contributed by atoms with Crippen LogP contribution in [0.4, 0.5) is 0 Å². The molecule has 0 radical (unpaired) electrons. The standard InChI is InChI=1S/C16H20N2O4S/c1-12-5-6-15(13(2)10-12)23(20,21)18-8-7-16(19)17-11-14-4-3-9-22-14/h3-6,9-10,18H,7-8,11H2,1-2H3,(H,17,19). The van der Waals surface area contributed by atoms with Crippen LogP contribution in [0.25, 0.3) is 0 Å². The smallest absolute Gasteiger partial charge is 0.240 e. The van der Waals surface area contributed by atoms with Gasteiger partial charge in [-0.25, -0.2) is 13.1 Å². The molecule has 0 saturated carbocycles. The molecule has 2 aromatic rings. The van der Waals surface area contributed by atoms with Gasteiger partial charge in [0.15, 0.2) is 0 Å². The maximum Gasteiger partial charge on any atom is 0.240 e. The lowest BCUT2D eigenvalue weighted by Gasteiger charge is -2.10. The first-order valence-electron chi connectivity index (χ1n) is 7.24. The van der Waals surface area contributed by atoms with Crippen LogP contribution in [0.3, 0.4) is 0 Å². The summed E-state index contributed by atoms with van der Waals surface area (Å²) in [6, 6.07) is 8.62. The molecule has 0 atom stereocenters. The van der Waals surface area contributed by atoms with Gasteiger partial charge in [0.2, 0.25) is 15.9 Å². The van der Waals surface area contributed by atoms with E-state index in [0.29, 0.717) is 11.3 Å². The quantitative estimate of drug-likeness (QED) is 0.808. The van der Waals surface area contributed by atoms with Crippen LogP contribution in [-0.4, -0.2) is 20.9 Å². The van der Waals surface area contributed by atoms with Gasteiger partial charge in [0, 0.05) is 13.0 Å². The molecule has 23 heavy (non-hydrogen) atoms. The van der Waals surface area contributed by atoms with Gasteiger partial charge in [-0.3, -0.25) is 4.79 Å². The summed E-state index contributed by atoms with van der Waals surface area (Å²) < 4.78 is 32.0. The van der Waals surface area contributed by atoms with Crippen molar-refractivity contribution in [2.45, 2.75) is 31.7 Å². The third-order valence-corrected chi connectivity index (χ3v) is 4.93. The zero-order valence-electron chi connectivity index (χ0n) is 13.1. The molecule has 2 N–H and O–H groups in total. The van der Waals surface area contributed by atoms with Crippen LogP contribution >= 0.6 is 0 Å². The monoisotopic (exact) mass is 336 g/mol. The number of benzene rings is 1. The van der Waals surface area contributed by atoms with E-state index in [9.17, 15) is 13.2 Å². The van der Waals surface area contributed by atoms with Crippen molar-refractivity contribution < 1.29 is 17.6 Å². The Morgan fingerprint density at radius 1 is 1.22 bits per heavy atom. The van der Waals surface area contributed by atoms with E-state index < -0.39 is 10.0 Å². The summed E-state index contributed by atoms with van der Waals surface area (Å²) in [6.07, 6.45) is 1.59. The Morgan fingerprint density at radius 2 is 2.00 bits per heavy atom. The van der Waals surface area contributed by atoms with Gasteiger partial charge in [0.05, 0.1) is 17.7 Å². The van der Waals surface area contributed by atoms with Crippen LogP contribution in [-0.2, 0) is 21.4 Å². The average Bonchev–Trinajstić information content (AvgIpc) is 2.97.